The molecule has 2 atom stereocenters. The Hall–Kier alpha value is -0.870. The minimum atomic E-state index is -0.833. The number of rotatable bonds is 40. The first-order valence-electron chi connectivity index (χ1n) is 21.9. The maximum absolute atomic E-state index is 12.4. The van der Waals surface area contributed by atoms with Crippen LogP contribution in [0, 0.1) is 0 Å². The van der Waals surface area contributed by atoms with Gasteiger partial charge in [0.2, 0.25) is 5.91 Å². The molecule has 0 aliphatic heterocycles. The molecule has 0 radical (unpaired) electrons. The van der Waals surface area contributed by atoms with Crippen LogP contribution < -0.4 is 5.32 Å². The molecule has 3 N–H and O–H groups in total. The van der Waals surface area contributed by atoms with Crippen molar-refractivity contribution in [2.45, 2.75) is 257 Å². The van der Waals surface area contributed by atoms with Crippen LogP contribution in [0.5, 0.6) is 0 Å². The van der Waals surface area contributed by atoms with E-state index < -0.39 is 12.1 Å². The minimum absolute atomic E-state index is 0.0599. The van der Waals surface area contributed by atoms with E-state index in [1.807, 2.05) is 6.08 Å². The van der Waals surface area contributed by atoms with E-state index in [2.05, 4.69) is 19.2 Å². The number of carbonyl (C=O) groups excluding carboxylic acids is 1. The van der Waals surface area contributed by atoms with Crippen LogP contribution >= 0.6 is 0 Å². The number of unbranched alkanes of at least 4 members (excludes halogenated alkanes) is 33. The van der Waals surface area contributed by atoms with Gasteiger partial charge in [0, 0.05) is 6.42 Å². The first-order chi connectivity index (χ1) is 23.7. The van der Waals surface area contributed by atoms with Crippen LogP contribution in [0.4, 0.5) is 0 Å². The smallest absolute Gasteiger partial charge is 0.220 e. The molecule has 0 fully saturated rings. The Balaban J connectivity index is 3.53. The van der Waals surface area contributed by atoms with Crippen molar-refractivity contribution >= 4 is 5.91 Å². The van der Waals surface area contributed by atoms with E-state index in [9.17, 15) is 15.0 Å². The summed E-state index contributed by atoms with van der Waals surface area (Å²) in [5.74, 6) is -0.0599. The summed E-state index contributed by atoms with van der Waals surface area (Å²) in [6.07, 6.45) is 50.3. The number of allylic oxidation sites excluding steroid dienone is 1. The molecule has 0 aromatic rings. The number of aliphatic hydroxyl groups is 2. The van der Waals surface area contributed by atoms with Gasteiger partial charge in [0.05, 0.1) is 18.8 Å². The summed E-state index contributed by atoms with van der Waals surface area (Å²) in [5.41, 5.74) is 0. The first-order valence-corrected chi connectivity index (χ1v) is 21.9. The van der Waals surface area contributed by atoms with Crippen LogP contribution in [0.15, 0.2) is 12.2 Å². The van der Waals surface area contributed by atoms with Gasteiger partial charge in [-0.1, -0.05) is 231 Å². The molecular formula is C44H87NO3. The zero-order chi connectivity index (χ0) is 35.0. The van der Waals surface area contributed by atoms with Crippen molar-refractivity contribution in [3.63, 3.8) is 0 Å². The summed E-state index contributed by atoms with van der Waals surface area (Å²) < 4.78 is 0. The third-order valence-electron chi connectivity index (χ3n) is 10.3. The molecular weight excluding hydrogens is 590 g/mol. The Labute approximate surface area is 301 Å². The lowest BCUT2D eigenvalue weighted by Gasteiger charge is -2.20. The highest BCUT2D eigenvalue weighted by Gasteiger charge is 2.17. The molecule has 0 heterocycles. The lowest BCUT2D eigenvalue weighted by Crippen LogP contribution is -2.45. The van der Waals surface area contributed by atoms with Gasteiger partial charge in [0.25, 0.3) is 0 Å². The summed E-state index contributed by atoms with van der Waals surface area (Å²) >= 11 is 0. The van der Waals surface area contributed by atoms with Crippen LogP contribution in [0.1, 0.15) is 245 Å². The van der Waals surface area contributed by atoms with Crippen LogP contribution in [-0.2, 0) is 4.79 Å². The molecule has 1 amide bonds. The largest absolute Gasteiger partial charge is 0.394 e. The number of carbonyl (C=O) groups is 1. The number of nitrogens with one attached hydrogen (secondary N) is 1. The van der Waals surface area contributed by atoms with Gasteiger partial charge in [-0.25, -0.2) is 0 Å². The highest BCUT2D eigenvalue weighted by Crippen LogP contribution is 2.16. The molecule has 0 aromatic heterocycles. The highest BCUT2D eigenvalue weighted by molar-refractivity contribution is 5.76. The van der Waals surface area contributed by atoms with E-state index in [0.717, 1.165) is 25.7 Å². The highest BCUT2D eigenvalue weighted by atomic mass is 16.3. The fourth-order valence-electron chi connectivity index (χ4n) is 6.89. The van der Waals surface area contributed by atoms with Crippen molar-refractivity contribution in [3.05, 3.63) is 12.2 Å². The van der Waals surface area contributed by atoms with Gasteiger partial charge >= 0.3 is 0 Å². The van der Waals surface area contributed by atoms with Gasteiger partial charge in [-0.2, -0.15) is 0 Å². The summed E-state index contributed by atoms with van der Waals surface area (Å²) in [7, 11) is 0. The molecule has 4 heteroatoms. The zero-order valence-corrected chi connectivity index (χ0v) is 32.8. The number of hydrogen-bond acceptors (Lipinski definition) is 3. The van der Waals surface area contributed by atoms with E-state index in [1.165, 1.54) is 199 Å². The van der Waals surface area contributed by atoms with Gasteiger partial charge in [-0.05, 0) is 19.3 Å². The predicted octanol–water partition coefficient (Wildman–Crippen LogP) is 13.5. The standard InChI is InChI=1S/C44H87NO3/c1-3-5-7-9-11-13-15-17-19-21-22-23-24-25-27-29-31-33-35-37-39-43(47)42(41-46)45-44(48)40-38-36-34-32-30-28-26-20-18-16-14-12-10-8-6-4-2/h37,39,42-43,46-47H,3-36,38,40-41H2,1-2H3,(H,45,48)/b39-37+. The van der Waals surface area contributed by atoms with Gasteiger partial charge in [0.1, 0.15) is 0 Å². The predicted molar refractivity (Wildman–Crippen MR) is 212 cm³/mol. The molecule has 0 saturated heterocycles. The van der Waals surface area contributed by atoms with E-state index in [-0.39, 0.29) is 12.5 Å². The van der Waals surface area contributed by atoms with Gasteiger partial charge in [-0.15, -0.1) is 0 Å². The SMILES string of the molecule is CCCCCCCCCCCCCCCCCCCC/C=C/C(O)C(CO)NC(=O)CCCCCCCCCCCCCCCCCC. The number of hydrogen-bond donors (Lipinski definition) is 3. The van der Waals surface area contributed by atoms with E-state index in [4.69, 9.17) is 0 Å². The second-order valence-electron chi connectivity index (χ2n) is 15.1. The quantitative estimate of drug-likeness (QED) is 0.0446. The Kier molecular flexibility index (Phi) is 39.8. The molecule has 286 valence electrons. The van der Waals surface area contributed by atoms with Crippen LogP contribution in [0.25, 0.3) is 0 Å². The first kappa shape index (κ1) is 47.1. The third-order valence-corrected chi connectivity index (χ3v) is 10.3. The summed E-state index contributed by atoms with van der Waals surface area (Å²) in [6.45, 7) is 4.33. The number of aliphatic hydroxyl groups excluding tert-OH is 2. The van der Waals surface area contributed by atoms with Crippen LogP contribution in [0.2, 0.25) is 0 Å². The van der Waals surface area contributed by atoms with Crippen LogP contribution in [0.3, 0.4) is 0 Å². The average molecular weight is 678 g/mol. The molecule has 0 aliphatic rings. The van der Waals surface area contributed by atoms with Crippen molar-refractivity contribution in [1.29, 1.82) is 0 Å². The van der Waals surface area contributed by atoms with Crippen molar-refractivity contribution in [3.8, 4) is 0 Å². The zero-order valence-electron chi connectivity index (χ0n) is 32.8. The number of amides is 1. The Morgan fingerprint density at radius 3 is 1.08 bits per heavy atom. The fraction of sp³-hybridized carbons (Fsp3) is 0.932. The monoisotopic (exact) mass is 678 g/mol. The van der Waals surface area contributed by atoms with E-state index >= 15 is 0 Å². The normalized spacial score (nSPS) is 13.0. The lowest BCUT2D eigenvalue weighted by molar-refractivity contribution is -0.123. The molecule has 0 bridgehead atoms. The van der Waals surface area contributed by atoms with Crippen molar-refractivity contribution in [1.82, 2.24) is 5.32 Å². The maximum Gasteiger partial charge on any atom is 0.220 e. The molecule has 0 aliphatic carbocycles. The van der Waals surface area contributed by atoms with Gasteiger partial charge < -0.3 is 15.5 Å². The summed E-state index contributed by atoms with van der Waals surface area (Å²) in [5, 5.41) is 23.0. The topological polar surface area (TPSA) is 69.6 Å². The Morgan fingerprint density at radius 2 is 0.771 bits per heavy atom. The minimum Gasteiger partial charge on any atom is -0.394 e. The Bertz CT molecular complexity index is 651. The van der Waals surface area contributed by atoms with Crippen LogP contribution in [-0.4, -0.2) is 34.9 Å². The molecule has 48 heavy (non-hydrogen) atoms. The second-order valence-corrected chi connectivity index (χ2v) is 15.1. The van der Waals surface area contributed by atoms with Gasteiger partial charge in [0.15, 0.2) is 0 Å². The molecule has 0 aromatic carbocycles. The summed E-state index contributed by atoms with van der Waals surface area (Å²) in [6, 6.07) is -0.616. The van der Waals surface area contributed by atoms with E-state index in [1.54, 1.807) is 6.08 Å². The molecule has 2 unspecified atom stereocenters. The van der Waals surface area contributed by atoms with Crippen molar-refractivity contribution in [2.24, 2.45) is 0 Å². The second kappa shape index (κ2) is 40.6. The Morgan fingerprint density at radius 1 is 0.479 bits per heavy atom. The van der Waals surface area contributed by atoms with E-state index in [0.29, 0.717) is 6.42 Å². The summed E-state index contributed by atoms with van der Waals surface area (Å²) in [4.78, 5) is 12.4. The van der Waals surface area contributed by atoms with Gasteiger partial charge in [-0.3, -0.25) is 4.79 Å². The molecule has 0 saturated carbocycles. The average Bonchev–Trinajstić information content (AvgIpc) is 3.09. The van der Waals surface area contributed by atoms with Crippen molar-refractivity contribution in [2.75, 3.05) is 6.61 Å². The molecule has 0 spiro atoms. The lowest BCUT2D eigenvalue weighted by atomic mass is 10.0. The van der Waals surface area contributed by atoms with Crippen molar-refractivity contribution < 1.29 is 15.0 Å². The molecule has 0 rings (SSSR count). The maximum atomic E-state index is 12.4. The third kappa shape index (κ3) is 36.4. The fourth-order valence-corrected chi connectivity index (χ4v) is 6.89. The molecule has 4 nitrogen and oxygen atoms in total.